The van der Waals surface area contributed by atoms with Crippen LogP contribution >= 0.6 is 54.4 Å². The number of carbonyl (C=O) groups excluding carboxylic acids is 5. The third-order valence-electron chi connectivity index (χ3n) is 14.2. The fourth-order valence-electron chi connectivity index (χ4n) is 8.62. The van der Waals surface area contributed by atoms with E-state index in [-0.39, 0.29) is 33.8 Å². The zero-order valence-electron chi connectivity index (χ0n) is 62.1. The predicted molar refractivity (Wildman–Crippen MR) is 425 cm³/mol. The third kappa shape index (κ3) is 35.6. The van der Waals surface area contributed by atoms with Crippen LogP contribution in [-0.4, -0.2) is 118 Å². The lowest BCUT2D eigenvalue weighted by molar-refractivity contribution is 0.0716. The monoisotopic (exact) mass is 1550 g/mol. The number of phenols is 4. The Morgan fingerprint density at radius 2 is 0.676 bits per heavy atom. The molecule has 562 valence electrons. The molecule has 9 rings (SSSR count). The van der Waals surface area contributed by atoms with E-state index < -0.39 is 45.9 Å². The maximum absolute atomic E-state index is 12.6. The fraction of sp³-hybridized carbons (Fsp3) is 0.284. The average Bonchev–Trinajstić information content (AvgIpc) is 0.817. The van der Waals surface area contributed by atoms with Gasteiger partial charge in [0.25, 0.3) is 5.24 Å². The Bertz CT molecular complexity index is 4020. The van der Waals surface area contributed by atoms with Crippen molar-refractivity contribution in [3.63, 3.8) is 0 Å². The van der Waals surface area contributed by atoms with Crippen molar-refractivity contribution in [1.29, 1.82) is 0 Å². The number of phenolic OH excluding ortho intramolecular Hbond substituents is 4. The Morgan fingerprint density at radius 1 is 0.400 bits per heavy atom. The lowest BCUT2D eigenvalue weighted by atomic mass is 9.86. The molecule has 0 saturated carbocycles. The molecule has 0 bridgehead atoms. The van der Waals surface area contributed by atoms with E-state index in [0.29, 0.717) is 73.6 Å². The molecule has 0 atom stereocenters. The average molecular weight is 1550 g/mol. The van der Waals surface area contributed by atoms with Crippen LogP contribution < -0.4 is 33.2 Å². The van der Waals surface area contributed by atoms with E-state index >= 15 is 0 Å². The standard InChI is InChI=1S/C26H26O6.C24H22O6.C10H14O2.C8H7ClO2.C6H15N.C5H5N.C2H6S.Al.3ClH/c1-26(2,3)22-16-21(31-24(27)17-6-10-19(29-4)11-7-17)14-15-23(22)32-25(28)18-8-12-20(30-5)13-9-18;1-24(2,3)20-14-19(29-22(27)15-4-8-17(25)9-5-15)12-13-21(20)30-23(28)16-6-10-18(26)11-7-16;1-10(2,3)8-6-7(11)4-5-9(8)12;1-11-7-4-2-6(3-5-7)8(9)10;1-4-7(5-2)6-3;1-2-4-6-5-3-1;1-2-3;;;;/h6-16H,1-5H3;4-14,25-26H,1-3H3;4-6,11-12H,1-3H3;2-5H,1H3;4-6H2,1-3H3;1-5H;3H,2H2,1H3;;3*1H/q;;;;;;;+3;;;/p-3. The number of halogens is 4. The van der Waals surface area contributed by atoms with Gasteiger partial charge in [0.2, 0.25) is 0 Å². The van der Waals surface area contributed by atoms with Gasteiger partial charge >= 0.3 is 35.3 Å². The number of aromatic nitrogens is 1. The topological polar surface area (TPSA) is 247 Å². The lowest BCUT2D eigenvalue weighted by Gasteiger charge is -2.23. The number of benzene rings is 8. The zero-order valence-corrected chi connectivity index (χ0v) is 67.1. The van der Waals surface area contributed by atoms with Crippen molar-refractivity contribution in [3.05, 3.63) is 251 Å². The molecule has 1 aromatic heterocycles. The lowest BCUT2D eigenvalue weighted by Crippen LogP contribution is -2.21. The van der Waals surface area contributed by atoms with Crippen LogP contribution in [0.25, 0.3) is 0 Å². The molecule has 0 radical (unpaired) electrons. The molecular formula is C81H95AlCl4N2O16S. The van der Waals surface area contributed by atoms with Gasteiger partial charge in [-0.25, -0.2) is 49.3 Å². The van der Waals surface area contributed by atoms with Gasteiger partial charge in [0, 0.05) is 34.6 Å². The van der Waals surface area contributed by atoms with Gasteiger partial charge in [0.1, 0.15) is 63.2 Å². The highest BCUT2D eigenvalue weighted by Gasteiger charge is 2.26. The summed E-state index contributed by atoms with van der Waals surface area (Å²) in [6, 6.07) is 51.5. The summed E-state index contributed by atoms with van der Waals surface area (Å²) in [5, 5.41) is 36.9. The molecule has 1 heterocycles. The molecule has 0 aliphatic rings. The van der Waals surface area contributed by atoms with Crippen molar-refractivity contribution in [1.82, 2.24) is 9.88 Å². The third-order valence-corrected chi connectivity index (χ3v) is 14.4. The van der Waals surface area contributed by atoms with Crippen molar-refractivity contribution in [2.75, 3.05) is 46.7 Å². The van der Waals surface area contributed by atoms with Crippen LogP contribution in [0, 0.1) is 0 Å². The number of methoxy groups -OCH3 is 3. The van der Waals surface area contributed by atoms with E-state index in [1.807, 2.05) is 87.4 Å². The quantitative estimate of drug-likeness (QED) is 0.0160. The molecule has 0 amide bonds. The van der Waals surface area contributed by atoms with Gasteiger partial charge in [-0.2, -0.15) is 12.6 Å². The molecule has 0 saturated heterocycles. The van der Waals surface area contributed by atoms with Gasteiger partial charge in [0.05, 0.1) is 43.6 Å². The Morgan fingerprint density at radius 3 is 0.914 bits per heavy atom. The summed E-state index contributed by atoms with van der Waals surface area (Å²) >= 11 is 7.29. The number of hydrogen-bond acceptors (Lipinski definition) is 19. The first kappa shape index (κ1) is 92.1. The number of hydrogen-bond donors (Lipinski definition) is 5. The second-order valence-corrected chi connectivity index (χ2v) is 32.5. The number of thiol groups is 1. The maximum atomic E-state index is 12.6. The van der Waals surface area contributed by atoms with Crippen molar-refractivity contribution in [2.45, 2.75) is 106 Å². The highest BCUT2D eigenvalue weighted by atomic mass is 35.8. The molecule has 0 aliphatic heterocycles. The Labute approximate surface area is 645 Å². The van der Waals surface area contributed by atoms with Crippen LogP contribution in [0.3, 0.4) is 0 Å². The molecule has 4 N–H and O–H groups in total. The van der Waals surface area contributed by atoms with E-state index in [1.54, 1.807) is 149 Å². The number of pyridine rings is 1. The number of ether oxygens (including phenoxy) is 7. The number of rotatable bonds is 15. The van der Waals surface area contributed by atoms with Crippen molar-refractivity contribution in [2.24, 2.45) is 0 Å². The summed E-state index contributed by atoms with van der Waals surface area (Å²) in [5.74, 6) is 2.83. The molecule has 9 aromatic rings. The van der Waals surface area contributed by atoms with Crippen molar-refractivity contribution >= 4 is 94.9 Å². The Balaban J connectivity index is 0.000000463. The highest BCUT2D eigenvalue weighted by Crippen LogP contribution is 2.38. The van der Waals surface area contributed by atoms with Crippen molar-refractivity contribution in [3.8, 4) is 63.2 Å². The van der Waals surface area contributed by atoms with E-state index in [2.05, 4.69) is 43.3 Å². The first-order chi connectivity index (χ1) is 49.5. The van der Waals surface area contributed by atoms with Crippen molar-refractivity contribution < 1.29 is 77.6 Å². The number of carbonyl (C=O) groups is 5. The van der Waals surface area contributed by atoms with Crippen LogP contribution in [-0.2, 0) is 16.2 Å². The van der Waals surface area contributed by atoms with Crippen LogP contribution in [0.4, 0.5) is 0 Å². The molecule has 24 heteroatoms. The second kappa shape index (κ2) is 47.5. The molecule has 0 fully saturated rings. The Kier molecular flexibility index (Phi) is 41.7. The maximum Gasteiger partial charge on any atom is 0.643 e. The van der Waals surface area contributed by atoms with Gasteiger partial charge in [0.15, 0.2) is 0 Å². The van der Waals surface area contributed by atoms with Gasteiger partial charge in [-0.05, 0) is 241 Å². The van der Waals surface area contributed by atoms with E-state index in [0.717, 1.165) is 16.9 Å². The van der Waals surface area contributed by atoms with E-state index in [9.17, 15) is 44.4 Å². The van der Waals surface area contributed by atoms with E-state index in [1.165, 1.54) is 80.3 Å². The largest absolute Gasteiger partial charge is 0.643 e. The molecule has 8 aromatic carbocycles. The number of aromatic hydroxyl groups is 4. The molecular weight excluding hydrogens is 1460 g/mol. The minimum Gasteiger partial charge on any atom is -0.508 e. The normalized spacial score (nSPS) is 10.3. The molecule has 105 heavy (non-hydrogen) atoms. The number of esters is 4. The van der Waals surface area contributed by atoms with Crippen LogP contribution in [0.5, 0.6) is 63.2 Å². The zero-order chi connectivity index (χ0) is 79.0. The van der Waals surface area contributed by atoms with Gasteiger partial charge in [-0.15, -0.1) is 0 Å². The predicted octanol–water partition coefficient (Wildman–Crippen LogP) is 19.8. The van der Waals surface area contributed by atoms with Crippen LogP contribution in [0.2, 0.25) is 0 Å². The van der Waals surface area contributed by atoms with Gasteiger partial charge in [-0.1, -0.05) is 96.1 Å². The van der Waals surface area contributed by atoms with Gasteiger partial charge < -0.3 is 58.5 Å². The second-order valence-electron chi connectivity index (χ2n) is 25.1. The van der Waals surface area contributed by atoms with Crippen LogP contribution in [0.1, 0.15) is 158 Å². The first-order valence-electron chi connectivity index (χ1n) is 33.0. The SMILES string of the molecule is CC(C)(C)c1cc(O)ccc1O.CC(C)(C)c1cc(OC(=O)c2ccc(O)cc2)ccc1OC(=O)c1ccc(O)cc1.CCN(CC)CC.CCS.COc1ccc(C(=O)Cl)cc1.COc1ccc(C(=O)Oc2ccc(OC(=O)c3ccc(OC)cc3)c(C(C)(C)C)c2)cc1.[Cl][Al]([Cl])[Cl].c1ccncc1. The summed E-state index contributed by atoms with van der Waals surface area (Å²) < 4.78 is 37.3. The minimum atomic E-state index is -1.72. The van der Waals surface area contributed by atoms with Gasteiger partial charge in [-0.3, -0.25) is 9.78 Å². The van der Waals surface area contributed by atoms with E-state index in [4.69, 9.17) is 74.9 Å². The Hall–Kier alpha value is -8.94. The summed E-state index contributed by atoms with van der Waals surface area (Å²) in [5.41, 5.74) is 3.18. The summed E-state index contributed by atoms with van der Waals surface area (Å²) in [7, 11) is 19.5. The molecule has 0 spiro atoms. The first-order valence-corrected chi connectivity index (χ1v) is 39.2. The fourth-order valence-corrected chi connectivity index (χ4v) is 8.75. The number of nitrogens with zero attached hydrogens (tertiary/aromatic N) is 2. The minimum absolute atomic E-state index is 0.0568. The molecule has 0 unspecified atom stereocenters. The summed E-state index contributed by atoms with van der Waals surface area (Å²) in [6.07, 6.45) is 3.50. The summed E-state index contributed by atoms with van der Waals surface area (Å²) in [6.45, 7) is 29.9. The smallest absolute Gasteiger partial charge is 0.508 e. The summed E-state index contributed by atoms with van der Waals surface area (Å²) in [4.78, 5) is 66.7. The van der Waals surface area contributed by atoms with Crippen LogP contribution in [0.15, 0.2) is 207 Å². The molecule has 0 aliphatic carbocycles. The molecule has 18 nitrogen and oxygen atoms in total. The highest BCUT2D eigenvalue weighted by molar-refractivity contribution is 7.80.